The number of nitro benzene ring substituents is 1. The summed E-state index contributed by atoms with van der Waals surface area (Å²) in [5, 5.41) is 10.7. The van der Waals surface area contributed by atoms with Gasteiger partial charge in [0.15, 0.2) is 0 Å². The molecule has 0 bridgehead atoms. The van der Waals surface area contributed by atoms with E-state index in [4.69, 9.17) is 4.74 Å². The quantitative estimate of drug-likeness (QED) is 0.606. The third-order valence-corrected chi connectivity index (χ3v) is 2.97. The van der Waals surface area contributed by atoms with Crippen LogP contribution in [0, 0.1) is 22.9 Å². The highest BCUT2D eigenvalue weighted by atomic mass is 19.1. The molecule has 0 atom stereocenters. The standard InChI is InChI=1S/C12H13FN2O4/c1-8-5-10(13)11(15(17)18)6-9(8)12(16)14-3-2-4-19-7-14/h5-6H,2-4,7H2,1H3. The van der Waals surface area contributed by atoms with Crippen LogP contribution in [0.1, 0.15) is 22.3 Å². The fourth-order valence-electron chi connectivity index (χ4n) is 1.96. The fourth-order valence-corrected chi connectivity index (χ4v) is 1.96. The van der Waals surface area contributed by atoms with Gasteiger partial charge in [0.25, 0.3) is 5.91 Å². The predicted octanol–water partition coefficient (Wildman–Crippen LogP) is 1.86. The molecule has 1 aromatic rings. The first-order valence-electron chi connectivity index (χ1n) is 5.82. The molecule has 19 heavy (non-hydrogen) atoms. The Bertz CT molecular complexity index is 527. The Morgan fingerprint density at radius 3 is 2.84 bits per heavy atom. The third kappa shape index (κ3) is 2.70. The van der Waals surface area contributed by atoms with Crippen LogP contribution >= 0.6 is 0 Å². The largest absolute Gasteiger partial charge is 0.361 e. The number of ether oxygens (including phenoxy) is 1. The third-order valence-electron chi connectivity index (χ3n) is 2.97. The molecule has 0 aromatic heterocycles. The monoisotopic (exact) mass is 268 g/mol. The molecule has 2 rings (SSSR count). The van der Waals surface area contributed by atoms with E-state index in [1.54, 1.807) is 6.92 Å². The number of nitro groups is 1. The molecule has 0 saturated carbocycles. The molecular formula is C12H13FN2O4. The molecule has 7 heteroatoms. The van der Waals surface area contributed by atoms with Crippen LogP contribution in [0.3, 0.4) is 0 Å². The van der Waals surface area contributed by atoms with Crippen molar-refractivity contribution in [2.75, 3.05) is 19.9 Å². The second kappa shape index (κ2) is 5.31. The summed E-state index contributed by atoms with van der Waals surface area (Å²) >= 11 is 0. The molecule has 1 aliphatic rings. The van der Waals surface area contributed by atoms with E-state index in [1.807, 2.05) is 0 Å². The second-order valence-corrected chi connectivity index (χ2v) is 4.34. The highest BCUT2D eigenvalue weighted by molar-refractivity contribution is 5.96. The second-order valence-electron chi connectivity index (χ2n) is 4.34. The lowest BCUT2D eigenvalue weighted by atomic mass is 10.1. The van der Waals surface area contributed by atoms with Gasteiger partial charge in [-0.3, -0.25) is 14.9 Å². The summed E-state index contributed by atoms with van der Waals surface area (Å²) in [5.41, 5.74) is -0.177. The van der Waals surface area contributed by atoms with Gasteiger partial charge in [-0.15, -0.1) is 0 Å². The first kappa shape index (κ1) is 13.4. The molecule has 1 amide bonds. The summed E-state index contributed by atoms with van der Waals surface area (Å²) in [6.07, 6.45) is 0.716. The summed E-state index contributed by atoms with van der Waals surface area (Å²) in [5.74, 6) is -1.31. The van der Waals surface area contributed by atoms with Crippen LogP contribution in [0.2, 0.25) is 0 Å². The van der Waals surface area contributed by atoms with Gasteiger partial charge in [0.1, 0.15) is 6.73 Å². The van der Waals surface area contributed by atoms with Crippen molar-refractivity contribution in [3.05, 3.63) is 39.2 Å². The maximum absolute atomic E-state index is 13.4. The number of amides is 1. The lowest BCUT2D eigenvalue weighted by Gasteiger charge is -2.27. The molecule has 1 aliphatic heterocycles. The maximum Gasteiger partial charge on any atom is 0.305 e. The van der Waals surface area contributed by atoms with E-state index in [0.29, 0.717) is 25.1 Å². The van der Waals surface area contributed by atoms with E-state index in [2.05, 4.69) is 0 Å². The lowest BCUT2D eigenvalue weighted by Crippen LogP contribution is -2.38. The minimum atomic E-state index is -0.936. The van der Waals surface area contributed by atoms with Crippen LogP contribution in [-0.2, 0) is 4.74 Å². The van der Waals surface area contributed by atoms with Crippen molar-refractivity contribution in [3.63, 3.8) is 0 Å². The van der Waals surface area contributed by atoms with Gasteiger partial charge in [-0.05, 0) is 25.0 Å². The zero-order valence-corrected chi connectivity index (χ0v) is 10.4. The predicted molar refractivity (Wildman–Crippen MR) is 64.3 cm³/mol. The lowest BCUT2D eigenvalue weighted by molar-refractivity contribution is -0.387. The number of nitrogens with zero attached hydrogens (tertiary/aromatic N) is 2. The molecule has 0 spiro atoms. The van der Waals surface area contributed by atoms with E-state index in [-0.39, 0.29) is 18.2 Å². The van der Waals surface area contributed by atoms with Gasteiger partial charge in [-0.2, -0.15) is 4.39 Å². The molecule has 1 saturated heterocycles. The summed E-state index contributed by atoms with van der Waals surface area (Å²) < 4.78 is 18.6. The first-order valence-corrected chi connectivity index (χ1v) is 5.82. The number of halogens is 1. The Morgan fingerprint density at radius 1 is 1.53 bits per heavy atom. The van der Waals surface area contributed by atoms with Crippen LogP contribution in [0.25, 0.3) is 0 Å². The molecule has 1 heterocycles. The minimum Gasteiger partial charge on any atom is -0.361 e. The van der Waals surface area contributed by atoms with Crippen molar-refractivity contribution < 1.29 is 18.8 Å². The van der Waals surface area contributed by atoms with Gasteiger partial charge in [0.2, 0.25) is 5.82 Å². The Kier molecular flexibility index (Phi) is 3.75. The molecule has 1 aromatic carbocycles. The van der Waals surface area contributed by atoms with E-state index in [9.17, 15) is 19.3 Å². The number of hydrogen-bond acceptors (Lipinski definition) is 4. The number of carbonyl (C=O) groups excluding carboxylic acids is 1. The highest BCUT2D eigenvalue weighted by Gasteiger charge is 2.24. The Labute approximate surface area is 108 Å². The van der Waals surface area contributed by atoms with E-state index < -0.39 is 16.4 Å². The number of carbonyl (C=O) groups is 1. The Morgan fingerprint density at radius 2 is 2.26 bits per heavy atom. The highest BCUT2D eigenvalue weighted by Crippen LogP contribution is 2.23. The van der Waals surface area contributed by atoms with Gasteiger partial charge in [0.05, 0.1) is 11.5 Å². The van der Waals surface area contributed by atoms with E-state index in [1.165, 1.54) is 4.90 Å². The number of aryl methyl sites for hydroxylation is 1. The maximum atomic E-state index is 13.4. The first-order chi connectivity index (χ1) is 9.00. The molecule has 0 aliphatic carbocycles. The van der Waals surface area contributed by atoms with Crippen LogP contribution < -0.4 is 0 Å². The van der Waals surface area contributed by atoms with Gasteiger partial charge in [-0.1, -0.05) is 0 Å². The number of hydrogen-bond donors (Lipinski definition) is 0. The summed E-state index contributed by atoms with van der Waals surface area (Å²) in [6.45, 7) is 2.82. The van der Waals surface area contributed by atoms with Gasteiger partial charge in [-0.25, -0.2) is 0 Å². The average Bonchev–Trinajstić information content (AvgIpc) is 2.38. The Balaban J connectivity index is 2.35. The van der Waals surface area contributed by atoms with Gasteiger partial charge < -0.3 is 9.64 Å². The summed E-state index contributed by atoms with van der Waals surface area (Å²) in [6, 6.07) is 2.00. The molecule has 102 valence electrons. The van der Waals surface area contributed by atoms with Crippen LogP contribution in [0.4, 0.5) is 10.1 Å². The smallest absolute Gasteiger partial charge is 0.305 e. The Hall–Kier alpha value is -2.02. The van der Waals surface area contributed by atoms with Crippen molar-refractivity contribution in [1.82, 2.24) is 4.90 Å². The number of benzene rings is 1. The molecule has 0 N–H and O–H groups in total. The van der Waals surface area contributed by atoms with Gasteiger partial charge in [0, 0.05) is 18.2 Å². The van der Waals surface area contributed by atoms with Crippen molar-refractivity contribution in [1.29, 1.82) is 0 Å². The van der Waals surface area contributed by atoms with E-state index >= 15 is 0 Å². The molecule has 0 radical (unpaired) electrons. The van der Waals surface area contributed by atoms with Crippen LogP contribution in [0.15, 0.2) is 12.1 Å². The van der Waals surface area contributed by atoms with Crippen molar-refractivity contribution in [3.8, 4) is 0 Å². The SMILES string of the molecule is Cc1cc(F)c([N+](=O)[O-])cc1C(=O)N1CCCOC1. The topological polar surface area (TPSA) is 72.7 Å². The van der Waals surface area contributed by atoms with E-state index in [0.717, 1.165) is 12.1 Å². The number of rotatable bonds is 2. The summed E-state index contributed by atoms with van der Waals surface area (Å²) in [4.78, 5) is 23.5. The van der Waals surface area contributed by atoms with Crippen molar-refractivity contribution in [2.24, 2.45) is 0 Å². The normalized spacial score (nSPS) is 15.4. The van der Waals surface area contributed by atoms with Crippen molar-refractivity contribution in [2.45, 2.75) is 13.3 Å². The van der Waals surface area contributed by atoms with Crippen LogP contribution in [0.5, 0.6) is 0 Å². The van der Waals surface area contributed by atoms with Gasteiger partial charge >= 0.3 is 5.69 Å². The molecule has 1 fully saturated rings. The fraction of sp³-hybridized carbons (Fsp3) is 0.417. The molecule has 0 unspecified atom stereocenters. The molecule has 6 nitrogen and oxygen atoms in total. The zero-order chi connectivity index (χ0) is 14.0. The average molecular weight is 268 g/mol. The van der Waals surface area contributed by atoms with Crippen molar-refractivity contribution >= 4 is 11.6 Å². The van der Waals surface area contributed by atoms with Crippen LogP contribution in [-0.4, -0.2) is 35.6 Å². The molecular weight excluding hydrogens is 255 g/mol. The zero-order valence-electron chi connectivity index (χ0n) is 10.4. The summed E-state index contributed by atoms with van der Waals surface area (Å²) in [7, 11) is 0. The minimum absolute atomic E-state index is 0.138.